The van der Waals surface area contributed by atoms with Crippen molar-refractivity contribution in [1.82, 2.24) is 0 Å². The van der Waals surface area contributed by atoms with E-state index in [1.54, 1.807) is 0 Å². The maximum absolute atomic E-state index is 13.0. The van der Waals surface area contributed by atoms with E-state index in [0.717, 1.165) is 57.8 Å². The lowest BCUT2D eigenvalue weighted by atomic mass is 9.98. The number of aliphatic hydroxyl groups is 7. The molecule has 2 rings (SSSR count). The number of hydrogen-bond donors (Lipinski definition) is 7. The summed E-state index contributed by atoms with van der Waals surface area (Å²) in [5.41, 5.74) is 0. The summed E-state index contributed by atoms with van der Waals surface area (Å²) in [6.45, 7) is 2.46. The van der Waals surface area contributed by atoms with Gasteiger partial charge in [-0.1, -0.05) is 204 Å². The van der Waals surface area contributed by atoms with E-state index in [9.17, 15) is 45.3 Å². The first kappa shape index (κ1) is 64.8. The third-order valence-electron chi connectivity index (χ3n) is 13.4. The van der Waals surface area contributed by atoms with Crippen LogP contribution >= 0.6 is 0 Å². The molecule has 7 N–H and O–H groups in total. The molecule has 15 heteroatoms. The monoisotopic (exact) mass is 1010 g/mol. The van der Waals surface area contributed by atoms with Crippen LogP contribution in [0.15, 0.2) is 36.5 Å². The number of esters is 2. The molecule has 2 aliphatic rings. The van der Waals surface area contributed by atoms with E-state index in [1.165, 1.54) is 116 Å². The molecule has 2 fully saturated rings. The van der Waals surface area contributed by atoms with E-state index in [1.807, 2.05) is 24.3 Å². The topological polar surface area (TPSA) is 231 Å². The molecule has 0 aromatic carbocycles. The van der Waals surface area contributed by atoms with E-state index in [4.69, 9.17) is 28.4 Å². The molecule has 0 spiro atoms. The Kier molecular flexibility index (Phi) is 39.3. The summed E-state index contributed by atoms with van der Waals surface area (Å²) in [6, 6.07) is 0. The second-order valence-corrected chi connectivity index (χ2v) is 19.8. The first-order valence-corrected chi connectivity index (χ1v) is 28.1. The number of aliphatic hydroxyl groups excluding tert-OH is 7. The second kappa shape index (κ2) is 43.0. The van der Waals surface area contributed by atoms with Crippen molar-refractivity contribution in [3.8, 4) is 0 Å². The van der Waals surface area contributed by atoms with Gasteiger partial charge in [0.05, 0.1) is 19.8 Å². The quantitative estimate of drug-likeness (QED) is 0.0172. The molecule has 15 nitrogen and oxygen atoms in total. The van der Waals surface area contributed by atoms with Crippen LogP contribution in [-0.4, -0.2) is 142 Å². The fraction of sp³-hybridized carbons (Fsp3) is 0.857. The Morgan fingerprint density at radius 1 is 0.465 bits per heavy atom. The van der Waals surface area contributed by atoms with Gasteiger partial charge in [0.25, 0.3) is 0 Å². The summed E-state index contributed by atoms with van der Waals surface area (Å²) in [6.07, 6.45) is 30.4. The van der Waals surface area contributed by atoms with Crippen LogP contribution in [0, 0.1) is 0 Å². The first-order chi connectivity index (χ1) is 34.5. The van der Waals surface area contributed by atoms with Crippen molar-refractivity contribution in [1.29, 1.82) is 0 Å². The Bertz CT molecular complexity index is 1380. The smallest absolute Gasteiger partial charge is 0.306 e. The summed E-state index contributed by atoms with van der Waals surface area (Å²) in [5, 5.41) is 72.2. The predicted molar refractivity (Wildman–Crippen MR) is 275 cm³/mol. The van der Waals surface area contributed by atoms with Gasteiger partial charge in [0, 0.05) is 12.8 Å². The SMILES string of the molecule is CC/C=C/C=C/C=C/CCCCCCCC(=O)OC(COC(=O)CCCCCCCCCCCCCCCCCCCCCCCC)CO[C@@H]1O[C@H](CO[C@@H]2O[C@H](CO)[C@H](O)C(O)C2O)[C@H](O)C(O)C1O. The van der Waals surface area contributed by atoms with Gasteiger partial charge in [-0.3, -0.25) is 9.59 Å². The minimum absolute atomic E-state index is 0.144. The molecule has 5 unspecified atom stereocenters. The number of rotatable bonds is 44. The minimum Gasteiger partial charge on any atom is -0.462 e. The molecule has 2 heterocycles. The number of carbonyl (C=O) groups is 2. The number of ether oxygens (including phenoxy) is 6. The highest BCUT2D eigenvalue weighted by molar-refractivity contribution is 5.70. The zero-order valence-corrected chi connectivity index (χ0v) is 44.0. The molecular weight excluding hydrogens is 913 g/mol. The van der Waals surface area contributed by atoms with Crippen LogP contribution in [0.4, 0.5) is 0 Å². The van der Waals surface area contributed by atoms with Crippen molar-refractivity contribution in [3.63, 3.8) is 0 Å². The summed E-state index contributed by atoms with van der Waals surface area (Å²) < 4.78 is 33.6. The molecule has 11 atom stereocenters. The maximum Gasteiger partial charge on any atom is 0.306 e. The highest BCUT2D eigenvalue weighted by Crippen LogP contribution is 2.27. The van der Waals surface area contributed by atoms with Crippen molar-refractivity contribution in [2.75, 3.05) is 26.4 Å². The Hall–Kier alpha value is -2.28. The molecule has 0 radical (unpaired) electrons. The molecular formula is C56H100O15. The maximum atomic E-state index is 13.0. The zero-order chi connectivity index (χ0) is 51.7. The van der Waals surface area contributed by atoms with E-state index < -0.39 is 92.7 Å². The third kappa shape index (κ3) is 30.6. The third-order valence-corrected chi connectivity index (χ3v) is 13.4. The van der Waals surface area contributed by atoms with Gasteiger partial charge >= 0.3 is 11.9 Å². The number of unbranched alkanes of at least 4 members (excludes halogenated alkanes) is 26. The molecule has 0 aromatic heterocycles. The Morgan fingerprint density at radius 3 is 1.38 bits per heavy atom. The van der Waals surface area contributed by atoms with Gasteiger partial charge in [-0.25, -0.2) is 0 Å². The molecule has 2 aliphatic heterocycles. The molecule has 2 saturated heterocycles. The fourth-order valence-electron chi connectivity index (χ4n) is 8.87. The van der Waals surface area contributed by atoms with Crippen molar-refractivity contribution in [3.05, 3.63) is 36.5 Å². The highest BCUT2D eigenvalue weighted by Gasteiger charge is 2.47. The van der Waals surface area contributed by atoms with Crippen LogP contribution in [-0.2, 0) is 38.0 Å². The lowest BCUT2D eigenvalue weighted by Gasteiger charge is -2.42. The molecule has 0 amide bonds. The lowest BCUT2D eigenvalue weighted by Crippen LogP contribution is -2.61. The normalized spacial score (nSPS) is 25.4. The number of carbonyl (C=O) groups excluding carboxylic acids is 2. The van der Waals surface area contributed by atoms with Gasteiger partial charge in [0.2, 0.25) is 0 Å². The predicted octanol–water partition coefficient (Wildman–Crippen LogP) is 8.88. The molecule has 414 valence electrons. The van der Waals surface area contributed by atoms with Crippen LogP contribution < -0.4 is 0 Å². The Balaban J connectivity index is 1.73. The summed E-state index contributed by atoms with van der Waals surface area (Å²) >= 11 is 0. The molecule has 0 bridgehead atoms. The van der Waals surface area contributed by atoms with Crippen LogP contribution in [0.2, 0.25) is 0 Å². The van der Waals surface area contributed by atoms with Crippen LogP contribution in [0.3, 0.4) is 0 Å². The average Bonchev–Trinajstić information content (AvgIpc) is 3.36. The summed E-state index contributed by atoms with van der Waals surface area (Å²) in [7, 11) is 0. The van der Waals surface area contributed by atoms with E-state index in [2.05, 4.69) is 26.0 Å². The fourth-order valence-corrected chi connectivity index (χ4v) is 8.87. The van der Waals surface area contributed by atoms with Gasteiger partial charge in [-0.2, -0.15) is 0 Å². The number of allylic oxidation sites excluding steroid dienone is 6. The molecule has 0 aliphatic carbocycles. The summed E-state index contributed by atoms with van der Waals surface area (Å²) in [5.74, 6) is -0.941. The van der Waals surface area contributed by atoms with Crippen molar-refractivity contribution >= 4 is 11.9 Å². The van der Waals surface area contributed by atoms with Gasteiger partial charge < -0.3 is 64.2 Å². The molecule has 71 heavy (non-hydrogen) atoms. The molecule has 0 aromatic rings. The first-order valence-electron chi connectivity index (χ1n) is 28.1. The van der Waals surface area contributed by atoms with E-state index in [0.29, 0.717) is 12.8 Å². The largest absolute Gasteiger partial charge is 0.462 e. The molecule has 0 saturated carbocycles. The zero-order valence-electron chi connectivity index (χ0n) is 44.0. The average molecular weight is 1010 g/mol. The highest BCUT2D eigenvalue weighted by atomic mass is 16.7. The van der Waals surface area contributed by atoms with E-state index >= 15 is 0 Å². The van der Waals surface area contributed by atoms with Crippen LogP contribution in [0.5, 0.6) is 0 Å². The van der Waals surface area contributed by atoms with Crippen molar-refractivity contribution in [2.24, 2.45) is 0 Å². The van der Waals surface area contributed by atoms with Crippen molar-refractivity contribution < 1.29 is 73.8 Å². The van der Waals surface area contributed by atoms with Gasteiger partial charge in [0.1, 0.15) is 55.4 Å². The van der Waals surface area contributed by atoms with Crippen molar-refractivity contribution in [2.45, 2.75) is 280 Å². The van der Waals surface area contributed by atoms with Gasteiger partial charge in [0.15, 0.2) is 18.7 Å². The van der Waals surface area contributed by atoms with Gasteiger partial charge in [-0.05, 0) is 32.1 Å². The standard InChI is InChI=1S/C56H100O15/c1-3-5-7-9-11-13-15-17-18-19-20-21-22-23-24-25-27-28-30-32-34-36-38-47(58)66-41-44(69-48(59)39-37-35-33-31-29-26-16-14-12-10-8-6-4-2)42-67-55-54(65)52(63)50(61)46(71-55)43-68-56-53(64)51(62)49(60)45(40-57)70-56/h6,8,10,12,14,16,44-46,49-57,60-65H,3-5,7,9,11,13,15,17-43H2,1-2H3/b8-6+,12-10+,16-14+/t44?,45-,46-,49+,50+,51?,52?,53?,54?,55-,56-/m1/s1. The Labute approximate surface area is 427 Å². The van der Waals surface area contributed by atoms with Crippen LogP contribution in [0.25, 0.3) is 0 Å². The van der Waals surface area contributed by atoms with Crippen LogP contribution in [0.1, 0.15) is 213 Å². The summed E-state index contributed by atoms with van der Waals surface area (Å²) in [4.78, 5) is 25.8. The minimum atomic E-state index is -1.77. The lowest BCUT2D eigenvalue weighted by molar-refractivity contribution is -0.332. The number of hydrogen-bond acceptors (Lipinski definition) is 15. The second-order valence-electron chi connectivity index (χ2n) is 19.8. The Morgan fingerprint density at radius 2 is 0.887 bits per heavy atom. The van der Waals surface area contributed by atoms with E-state index in [-0.39, 0.29) is 26.1 Å². The van der Waals surface area contributed by atoms with Gasteiger partial charge in [-0.15, -0.1) is 0 Å².